The van der Waals surface area contributed by atoms with Gasteiger partial charge in [0.15, 0.2) is 0 Å². The van der Waals surface area contributed by atoms with Crippen LogP contribution in [0.3, 0.4) is 0 Å². The zero-order chi connectivity index (χ0) is 15.1. The normalized spacial score (nSPS) is 18.5. The highest BCUT2D eigenvalue weighted by Gasteiger charge is 2.19. The molecular formula is C17H28N2O2. The van der Waals surface area contributed by atoms with Gasteiger partial charge in [-0.3, -0.25) is 9.59 Å². The maximum Gasteiger partial charge on any atom is 0.224 e. The summed E-state index contributed by atoms with van der Waals surface area (Å²) >= 11 is 0. The molecular weight excluding hydrogens is 264 g/mol. The van der Waals surface area contributed by atoms with Gasteiger partial charge < -0.3 is 9.80 Å². The Hall–Kier alpha value is -1.32. The molecule has 4 heteroatoms. The molecule has 2 aliphatic rings. The lowest BCUT2D eigenvalue weighted by atomic mass is 9.97. The van der Waals surface area contributed by atoms with Crippen molar-refractivity contribution in [3.63, 3.8) is 0 Å². The van der Waals surface area contributed by atoms with Gasteiger partial charge in [-0.1, -0.05) is 11.6 Å². The molecule has 0 unspecified atom stereocenters. The molecule has 1 saturated heterocycles. The van der Waals surface area contributed by atoms with E-state index in [0.717, 1.165) is 38.9 Å². The van der Waals surface area contributed by atoms with E-state index in [-0.39, 0.29) is 11.8 Å². The Kier molecular flexibility index (Phi) is 6.27. The average molecular weight is 292 g/mol. The van der Waals surface area contributed by atoms with Gasteiger partial charge >= 0.3 is 0 Å². The molecule has 0 spiro atoms. The van der Waals surface area contributed by atoms with Crippen molar-refractivity contribution in [2.75, 3.05) is 26.2 Å². The van der Waals surface area contributed by atoms with Crippen LogP contribution in [0.4, 0.5) is 0 Å². The van der Waals surface area contributed by atoms with Crippen LogP contribution in [0.5, 0.6) is 0 Å². The van der Waals surface area contributed by atoms with Crippen LogP contribution in [0.2, 0.25) is 0 Å². The second-order valence-electron chi connectivity index (χ2n) is 6.20. The highest BCUT2D eigenvalue weighted by molar-refractivity contribution is 5.78. The minimum atomic E-state index is 0.0839. The molecule has 21 heavy (non-hydrogen) atoms. The molecule has 0 radical (unpaired) electrons. The van der Waals surface area contributed by atoms with Gasteiger partial charge in [-0.05, 0) is 44.9 Å². The van der Waals surface area contributed by atoms with Crippen molar-refractivity contribution in [1.82, 2.24) is 9.80 Å². The molecule has 118 valence electrons. The van der Waals surface area contributed by atoms with E-state index in [1.807, 2.05) is 9.80 Å². The summed E-state index contributed by atoms with van der Waals surface area (Å²) in [5.41, 5.74) is 1.48. The van der Waals surface area contributed by atoms with Crippen molar-refractivity contribution in [1.29, 1.82) is 0 Å². The first-order valence-electron chi connectivity index (χ1n) is 8.38. The van der Waals surface area contributed by atoms with Crippen molar-refractivity contribution in [3.05, 3.63) is 11.6 Å². The number of hydrogen-bond donors (Lipinski definition) is 0. The molecule has 0 saturated carbocycles. The van der Waals surface area contributed by atoms with E-state index in [9.17, 15) is 9.59 Å². The van der Waals surface area contributed by atoms with E-state index in [1.165, 1.54) is 31.3 Å². The summed E-state index contributed by atoms with van der Waals surface area (Å²) in [6, 6.07) is 0. The summed E-state index contributed by atoms with van der Waals surface area (Å²) in [4.78, 5) is 27.6. The van der Waals surface area contributed by atoms with Gasteiger partial charge in [0.25, 0.3) is 0 Å². The molecule has 0 N–H and O–H groups in total. The molecule has 4 nitrogen and oxygen atoms in total. The van der Waals surface area contributed by atoms with Gasteiger partial charge in [0, 0.05) is 39.5 Å². The first kappa shape index (κ1) is 16.1. The Bertz CT molecular complexity index is 398. The molecule has 0 aromatic heterocycles. The Morgan fingerprint density at radius 1 is 1.14 bits per heavy atom. The predicted molar refractivity (Wildman–Crippen MR) is 83.9 cm³/mol. The lowest BCUT2D eigenvalue weighted by molar-refractivity contribution is -0.132. The second-order valence-corrected chi connectivity index (χ2v) is 6.20. The molecule has 0 aromatic carbocycles. The Labute approximate surface area is 128 Å². The van der Waals surface area contributed by atoms with Crippen molar-refractivity contribution in [3.8, 4) is 0 Å². The molecule has 1 fully saturated rings. The minimum Gasteiger partial charge on any atom is -0.343 e. The fraction of sp³-hybridized carbons (Fsp3) is 0.765. The van der Waals surface area contributed by atoms with Crippen LogP contribution in [-0.4, -0.2) is 47.8 Å². The lowest BCUT2D eigenvalue weighted by Gasteiger charge is -2.24. The molecule has 0 bridgehead atoms. The van der Waals surface area contributed by atoms with Crippen LogP contribution in [-0.2, 0) is 9.59 Å². The van der Waals surface area contributed by atoms with Gasteiger partial charge in [0.2, 0.25) is 11.8 Å². The smallest absolute Gasteiger partial charge is 0.224 e. The summed E-state index contributed by atoms with van der Waals surface area (Å²) in [5, 5.41) is 0. The SMILES string of the molecule is CC(=O)N(CCC(=O)N1CCCC1)CCC1=CCCCC1. The number of hydrogen-bond acceptors (Lipinski definition) is 2. The zero-order valence-corrected chi connectivity index (χ0v) is 13.3. The monoisotopic (exact) mass is 292 g/mol. The Morgan fingerprint density at radius 2 is 1.90 bits per heavy atom. The lowest BCUT2D eigenvalue weighted by Crippen LogP contribution is -2.35. The van der Waals surface area contributed by atoms with Crippen molar-refractivity contribution in [2.24, 2.45) is 0 Å². The van der Waals surface area contributed by atoms with Gasteiger partial charge in [-0.2, -0.15) is 0 Å². The third kappa shape index (κ3) is 5.18. The maximum atomic E-state index is 12.1. The number of carbonyl (C=O) groups excluding carboxylic acids is 2. The summed E-state index contributed by atoms with van der Waals surface area (Å²) in [6.45, 7) is 4.72. The topological polar surface area (TPSA) is 40.6 Å². The van der Waals surface area contributed by atoms with Gasteiger partial charge in [0.1, 0.15) is 0 Å². The molecule has 2 rings (SSSR count). The van der Waals surface area contributed by atoms with Crippen molar-refractivity contribution < 1.29 is 9.59 Å². The molecule has 2 amide bonds. The number of nitrogens with zero attached hydrogens (tertiary/aromatic N) is 2. The Balaban J connectivity index is 1.74. The van der Waals surface area contributed by atoms with E-state index in [0.29, 0.717) is 13.0 Å². The predicted octanol–water partition coefficient (Wildman–Crippen LogP) is 2.74. The first-order chi connectivity index (χ1) is 10.2. The van der Waals surface area contributed by atoms with Crippen LogP contribution >= 0.6 is 0 Å². The zero-order valence-electron chi connectivity index (χ0n) is 13.3. The summed E-state index contributed by atoms with van der Waals surface area (Å²) < 4.78 is 0. The summed E-state index contributed by atoms with van der Waals surface area (Å²) in [7, 11) is 0. The molecule has 0 atom stereocenters. The summed E-state index contributed by atoms with van der Waals surface area (Å²) in [5.74, 6) is 0.288. The first-order valence-corrected chi connectivity index (χ1v) is 8.38. The van der Waals surface area contributed by atoms with E-state index in [2.05, 4.69) is 6.08 Å². The summed E-state index contributed by atoms with van der Waals surface area (Å²) in [6.07, 6.45) is 10.9. The third-order valence-corrected chi connectivity index (χ3v) is 4.59. The number of rotatable bonds is 6. The minimum absolute atomic E-state index is 0.0839. The third-order valence-electron chi connectivity index (χ3n) is 4.59. The van der Waals surface area contributed by atoms with E-state index in [1.54, 1.807) is 6.92 Å². The van der Waals surface area contributed by atoms with Crippen molar-refractivity contribution in [2.45, 2.75) is 58.3 Å². The number of carbonyl (C=O) groups is 2. The largest absolute Gasteiger partial charge is 0.343 e. The molecule has 0 aromatic rings. The highest BCUT2D eigenvalue weighted by Crippen LogP contribution is 2.20. The number of amides is 2. The van der Waals surface area contributed by atoms with E-state index >= 15 is 0 Å². The van der Waals surface area contributed by atoms with Crippen LogP contribution in [0.1, 0.15) is 58.3 Å². The number of allylic oxidation sites excluding steroid dienone is 1. The number of likely N-dealkylation sites (tertiary alicyclic amines) is 1. The van der Waals surface area contributed by atoms with Crippen molar-refractivity contribution >= 4 is 11.8 Å². The van der Waals surface area contributed by atoms with Crippen LogP contribution in [0, 0.1) is 0 Å². The van der Waals surface area contributed by atoms with Gasteiger partial charge in [-0.25, -0.2) is 0 Å². The van der Waals surface area contributed by atoms with Crippen LogP contribution in [0.25, 0.3) is 0 Å². The van der Waals surface area contributed by atoms with Crippen LogP contribution < -0.4 is 0 Å². The van der Waals surface area contributed by atoms with Crippen LogP contribution in [0.15, 0.2) is 11.6 Å². The molecule has 1 aliphatic heterocycles. The van der Waals surface area contributed by atoms with E-state index in [4.69, 9.17) is 0 Å². The molecule has 1 aliphatic carbocycles. The van der Waals surface area contributed by atoms with Gasteiger partial charge in [0.05, 0.1) is 0 Å². The average Bonchev–Trinajstić information content (AvgIpc) is 3.02. The van der Waals surface area contributed by atoms with Gasteiger partial charge in [-0.15, -0.1) is 0 Å². The molecule has 1 heterocycles. The van der Waals surface area contributed by atoms with E-state index < -0.39 is 0 Å². The standard InChI is InChI=1S/C17H28N2O2/c1-15(20)18(13-9-16-7-3-2-4-8-16)14-10-17(21)19-11-5-6-12-19/h7H,2-6,8-14H2,1H3. The second kappa shape index (κ2) is 8.20. The highest BCUT2D eigenvalue weighted by atomic mass is 16.2. The Morgan fingerprint density at radius 3 is 2.52 bits per heavy atom. The quantitative estimate of drug-likeness (QED) is 0.706. The fourth-order valence-corrected chi connectivity index (χ4v) is 3.19. The fourth-order valence-electron chi connectivity index (χ4n) is 3.19. The maximum absolute atomic E-state index is 12.1.